The van der Waals surface area contributed by atoms with Crippen LogP contribution in [0.25, 0.3) is 0 Å². The molecule has 1 aromatic rings. The Kier molecular flexibility index (Phi) is 24.4. The van der Waals surface area contributed by atoms with Crippen LogP contribution in [-0.2, 0) is 24.9 Å². The van der Waals surface area contributed by atoms with Gasteiger partial charge in [0.15, 0.2) is 0 Å². The van der Waals surface area contributed by atoms with Gasteiger partial charge in [-0.1, -0.05) is 58.8 Å². The molecule has 0 radical (unpaired) electrons. The lowest BCUT2D eigenvalue weighted by atomic mass is 10.0. The Balaban J connectivity index is 0. The van der Waals surface area contributed by atoms with Gasteiger partial charge < -0.3 is 16.4 Å². The van der Waals surface area contributed by atoms with E-state index in [-0.39, 0.29) is 30.2 Å². The first-order chi connectivity index (χ1) is 19.1. The molecule has 40 heavy (non-hydrogen) atoms. The van der Waals surface area contributed by atoms with Gasteiger partial charge in [0, 0.05) is 31.0 Å². The van der Waals surface area contributed by atoms with E-state index in [2.05, 4.69) is 37.1 Å². The number of carbonyl (C=O) groups excluding carboxylic acids is 4. The van der Waals surface area contributed by atoms with E-state index in [9.17, 15) is 19.2 Å². The molecule has 4 N–H and O–H groups in total. The number of hydrogen-bond donors (Lipinski definition) is 4. The Morgan fingerprint density at radius 1 is 1.07 bits per heavy atom. The fourth-order valence-electron chi connectivity index (χ4n) is 3.22. The maximum atomic E-state index is 12.5. The van der Waals surface area contributed by atoms with Crippen molar-refractivity contribution in [2.45, 2.75) is 92.7 Å². The van der Waals surface area contributed by atoms with E-state index in [1.807, 2.05) is 39.0 Å². The van der Waals surface area contributed by atoms with Crippen molar-refractivity contribution in [2.24, 2.45) is 11.7 Å². The van der Waals surface area contributed by atoms with E-state index in [0.717, 1.165) is 40.1 Å². The summed E-state index contributed by atoms with van der Waals surface area (Å²) in [6, 6.07) is 3.97. The van der Waals surface area contributed by atoms with E-state index in [1.165, 1.54) is 12.5 Å². The highest BCUT2D eigenvalue weighted by Crippen LogP contribution is 2.22. The van der Waals surface area contributed by atoms with Gasteiger partial charge in [0.25, 0.3) is 5.91 Å². The van der Waals surface area contributed by atoms with Gasteiger partial charge in [-0.25, -0.2) is 0 Å². The van der Waals surface area contributed by atoms with Crippen molar-refractivity contribution in [3.8, 4) is 0 Å². The third-order valence-corrected chi connectivity index (χ3v) is 5.90. The highest BCUT2D eigenvalue weighted by molar-refractivity contribution is 7.79. The van der Waals surface area contributed by atoms with E-state index in [0.29, 0.717) is 38.0 Å². The molecule has 0 heterocycles. The summed E-state index contributed by atoms with van der Waals surface area (Å²) >= 11 is 4.32. The molecule has 9 heteroatoms. The maximum Gasteiger partial charge on any atom is 0.252 e. The Morgan fingerprint density at radius 3 is 2.23 bits per heavy atom. The zero-order valence-electron chi connectivity index (χ0n) is 25.6. The average molecular weight is 577 g/mol. The third-order valence-electron chi connectivity index (χ3n) is 5.56. The number of anilines is 1. The summed E-state index contributed by atoms with van der Waals surface area (Å²) in [6.07, 6.45) is 11.5. The minimum atomic E-state index is -0.373. The number of nitrogens with zero attached hydrogens (tertiary/aromatic N) is 1. The van der Waals surface area contributed by atoms with Crippen LogP contribution in [0.2, 0.25) is 0 Å². The lowest BCUT2D eigenvalue weighted by Crippen LogP contribution is -2.34. The van der Waals surface area contributed by atoms with Crippen LogP contribution < -0.4 is 16.4 Å². The first kappa shape index (κ1) is 39.1. The Hall–Kier alpha value is -3.07. The van der Waals surface area contributed by atoms with Gasteiger partial charge in [-0.3, -0.25) is 24.1 Å². The molecule has 1 atom stereocenters. The summed E-state index contributed by atoms with van der Waals surface area (Å²) < 4.78 is 0. The Bertz CT molecular complexity index is 948. The molecule has 1 rings (SSSR count). The molecule has 0 saturated heterocycles. The molecule has 0 aliphatic heterocycles. The Morgan fingerprint density at radius 2 is 1.73 bits per heavy atom. The van der Waals surface area contributed by atoms with Crippen LogP contribution in [0.3, 0.4) is 0 Å². The monoisotopic (exact) mass is 576 g/mol. The molecule has 0 aromatic heterocycles. The normalized spacial score (nSPS) is 11.1. The third kappa shape index (κ3) is 18.3. The van der Waals surface area contributed by atoms with Gasteiger partial charge >= 0.3 is 0 Å². The van der Waals surface area contributed by atoms with E-state index in [4.69, 9.17) is 5.73 Å². The number of allylic oxidation sites excluding steroid dienone is 2. The lowest BCUT2D eigenvalue weighted by Gasteiger charge is -2.16. The van der Waals surface area contributed by atoms with Crippen molar-refractivity contribution < 1.29 is 19.2 Å². The van der Waals surface area contributed by atoms with Crippen LogP contribution in [0.15, 0.2) is 36.6 Å². The smallest absolute Gasteiger partial charge is 0.252 e. The van der Waals surface area contributed by atoms with Crippen LogP contribution in [0, 0.1) is 19.8 Å². The number of nitrogens with one attached hydrogen (secondary N) is 2. The zero-order valence-corrected chi connectivity index (χ0v) is 26.5. The second kappa shape index (κ2) is 24.9. The first-order valence-corrected chi connectivity index (χ1v) is 14.7. The molecule has 226 valence electrons. The van der Waals surface area contributed by atoms with Crippen LogP contribution in [0.4, 0.5) is 5.69 Å². The first-order valence-electron chi connectivity index (χ1n) is 14.1. The molecule has 8 nitrogen and oxygen atoms in total. The van der Waals surface area contributed by atoms with Crippen molar-refractivity contribution in [2.75, 3.05) is 18.4 Å². The number of unbranched alkanes of at least 4 members (excludes halogenated alkanes) is 2. The highest BCUT2D eigenvalue weighted by Gasteiger charge is 2.16. The minimum Gasteiger partial charge on any atom is -0.405 e. The van der Waals surface area contributed by atoms with Gasteiger partial charge in [0.2, 0.25) is 18.2 Å². The van der Waals surface area contributed by atoms with Gasteiger partial charge in [-0.05, 0) is 75.1 Å². The van der Waals surface area contributed by atoms with Crippen LogP contribution in [0.5, 0.6) is 0 Å². The molecule has 0 spiro atoms. The van der Waals surface area contributed by atoms with Crippen molar-refractivity contribution in [3.63, 3.8) is 0 Å². The Labute approximate surface area is 247 Å². The van der Waals surface area contributed by atoms with Crippen molar-refractivity contribution in [3.05, 3.63) is 53.3 Å². The topological polar surface area (TPSA) is 122 Å². The largest absolute Gasteiger partial charge is 0.405 e. The summed E-state index contributed by atoms with van der Waals surface area (Å²) in [4.78, 5) is 48.3. The minimum absolute atomic E-state index is 0.118. The summed E-state index contributed by atoms with van der Waals surface area (Å²) in [6.45, 7) is 14.3. The molecule has 0 saturated carbocycles. The molecular weight excluding hydrogens is 524 g/mol. The highest BCUT2D eigenvalue weighted by atomic mass is 32.1. The molecule has 4 amide bonds. The number of benzene rings is 1. The standard InChI is InChI=1S/C24H35N3O4S.C4H9N.C3H8/c1-5-9-23(30)27(16-28)11-8-6-7-10-22(29)25-14-19(4)24(31)26-21-13-17(2)20(15-32)12-18(21)3;1-2-3-4-5;1-3-2/h5,9,12-13,16,19,32H,6-8,10-11,14-15H2,1-4H3,(H,25,29)(H,26,31);3-4H,2,5H2,1H3;3H2,1-2H3/b9-5-;;. The predicted octanol–water partition coefficient (Wildman–Crippen LogP) is 5.83. The van der Waals surface area contributed by atoms with E-state index < -0.39 is 0 Å². The maximum absolute atomic E-state index is 12.5. The SMILES string of the molecule is C/C=C\C(=O)N(C=O)CCCCCC(=O)NCC(C)C(=O)Nc1cc(C)c(CS)cc1C.CCC.CCC=CN. The van der Waals surface area contributed by atoms with Crippen molar-refractivity contribution in [1.29, 1.82) is 0 Å². The summed E-state index contributed by atoms with van der Waals surface area (Å²) in [7, 11) is 0. The fourth-order valence-corrected chi connectivity index (χ4v) is 3.56. The number of thiol groups is 1. The molecule has 1 aromatic carbocycles. The van der Waals surface area contributed by atoms with Crippen molar-refractivity contribution in [1.82, 2.24) is 10.2 Å². The van der Waals surface area contributed by atoms with E-state index in [1.54, 1.807) is 26.1 Å². The second-order valence-electron chi connectivity index (χ2n) is 9.44. The molecule has 0 aliphatic rings. The van der Waals surface area contributed by atoms with Gasteiger partial charge in [-0.15, -0.1) is 0 Å². The molecule has 0 fully saturated rings. The average Bonchev–Trinajstić information content (AvgIpc) is 2.92. The number of amides is 4. The van der Waals surface area contributed by atoms with Crippen LogP contribution in [0.1, 0.15) is 89.8 Å². The van der Waals surface area contributed by atoms with Crippen molar-refractivity contribution >= 4 is 42.4 Å². The summed E-state index contributed by atoms with van der Waals surface area (Å²) in [5, 5.41) is 5.74. The van der Waals surface area contributed by atoms with Crippen LogP contribution in [-0.4, -0.2) is 42.1 Å². The van der Waals surface area contributed by atoms with E-state index >= 15 is 0 Å². The summed E-state index contributed by atoms with van der Waals surface area (Å²) in [5.74, 6) is -0.330. The second-order valence-corrected chi connectivity index (χ2v) is 9.75. The van der Waals surface area contributed by atoms with Gasteiger partial charge in [0.05, 0.1) is 5.92 Å². The molecule has 1 unspecified atom stereocenters. The number of rotatable bonds is 14. The molecular formula is C31H52N4O4S. The molecule has 0 aliphatic carbocycles. The number of aryl methyl sites for hydroxylation is 2. The predicted molar refractivity (Wildman–Crippen MR) is 170 cm³/mol. The zero-order chi connectivity index (χ0) is 30.9. The number of hydrogen-bond acceptors (Lipinski definition) is 6. The number of nitrogens with two attached hydrogens (primary N) is 1. The number of carbonyl (C=O) groups is 4. The van der Waals surface area contributed by atoms with Gasteiger partial charge in [-0.2, -0.15) is 12.6 Å². The molecule has 0 bridgehead atoms. The quantitative estimate of drug-likeness (QED) is 0.0961. The fraction of sp³-hybridized carbons (Fsp3) is 0.548. The summed E-state index contributed by atoms with van der Waals surface area (Å²) in [5.41, 5.74) is 8.91. The van der Waals surface area contributed by atoms with Gasteiger partial charge in [0.1, 0.15) is 0 Å². The van der Waals surface area contributed by atoms with Crippen LogP contribution >= 0.6 is 12.6 Å². The lowest BCUT2D eigenvalue weighted by molar-refractivity contribution is -0.134. The number of imide groups is 1.